The van der Waals surface area contributed by atoms with E-state index in [1.165, 1.54) is 11.1 Å². The summed E-state index contributed by atoms with van der Waals surface area (Å²) >= 11 is 0. The van der Waals surface area contributed by atoms with Crippen LogP contribution in [0.15, 0.2) is 72.9 Å². The molecule has 2 N–H and O–H groups in total. The molecule has 5 heteroatoms. The Labute approximate surface area is 170 Å². The molecule has 1 aliphatic carbocycles. The second-order valence-corrected chi connectivity index (χ2v) is 7.73. The Bertz CT molecular complexity index is 1110. The predicted octanol–water partition coefficient (Wildman–Crippen LogP) is 4.78. The van der Waals surface area contributed by atoms with Gasteiger partial charge in [0, 0.05) is 11.6 Å². The second-order valence-electron chi connectivity index (χ2n) is 7.73. The summed E-state index contributed by atoms with van der Waals surface area (Å²) in [6.45, 7) is 0. The summed E-state index contributed by atoms with van der Waals surface area (Å²) in [4.78, 5) is 4.53. The number of rotatable bonds is 4. The molecule has 1 fully saturated rings. The van der Waals surface area contributed by atoms with E-state index in [1.54, 1.807) is 0 Å². The van der Waals surface area contributed by atoms with Gasteiger partial charge in [-0.15, -0.1) is 5.10 Å². The summed E-state index contributed by atoms with van der Waals surface area (Å²) in [7, 11) is 0. The van der Waals surface area contributed by atoms with Crippen molar-refractivity contribution in [3.63, 3.8) is 0 Å². The third kappa shape index (κ3) is 3.74. The zero-order valence-electron chi connectivity index (χ0n) is 16.2. The number of benzene rings is 2. The second kappa shape index (κ2) is 7.68. The minimum Gasteiger partial charge on any atom is -0.393 e. The first-order valence-electron chi connectivity index (χ1n) is 10.2. The van der Waals surface area contributed by atoms with Gasteiger partial charge < -0.3 is 10.4 Å². The quantitative estimate of drug-likeness (QED) is 0.532. The predicted molar refractivity (Wildman–Crippen MR) is 116 cm³/mol. The van der Waals surface area contributed by atoms with Gasteiger partial charge in [-0.1, -0.05) is 48.5 Å². The van der Waals surface area contributed by atoms with Gasteiger partial charge in [0.2, 0.25) is 0 Å². The number of aliphatic hydroxyl groups excluding tert-OH is 1. The van der Waals surface area contributed by atoms with Crippen molar-refractivity contribution >= 4 is 11.5 Å². The van der Waals surface area contributed by atoms with Crippen LogP contribution in [0.2, 0.25) is 0 Å². The van der Waals surface area contributed by atoms with Gasteiger partial charge in [-0.25, -0.2) is 9.50 Å². The highest BCUT2D eigenvalue weighted by molar-refractivity contribution is 5.72. The zero-order chi connectivity index (χ0) is 19.6. The Morgan fingerprint density at radius 1 is 0.828 bits per heavy atom. The van der Waals surface area contributed by atoms with Crippen LogP contribution in [0.1, 0.15) is 25.7 Å². The molecule has 5 nitrogen and oxygen atoms in total. The van der Waals surface area contributed by atoms with Crippen molar-refractivity contribution in [1.82, 2.24) is 14.6 Å². The SMILES string of the molecule is O[C@H]1CC[C@H](Nc2ccc3ncc(-c4cccc(-c5ccccc5)c4)n3n2)CC1. The number of nitrogens with one attached hydrogen (secondary N) is 1. The molecule has 0 spiro atoms. The molecule has 1 aliphatic rings. The molecule has 0 aliphatic heterocycles. The Balaban J connectivity index is 1.46. The zero-order valence-corrected chi connectivity index (χ0v) is 16.2. The van der Waals surface area contributed by atoms with Gasteiger partial charge >= 0.3 is 0 Å². The molecular weight excluding hydrogens is 360 g/mol. The maximum absolute atomic E-state index is 9.72. The summed E-state index contributed by atoms with van der Waals surface area (Å²) < 4.78 is 1.91. The molecule has 2 aromatic carbocycles. The van der Waals surface area contributed by atoms with Gasteiger partial charge in [0.1, 0.15) is 5.82 Å². The van der Waals surface area contributed by atoms with Crippen molar-refractivity contribution in [3.8, 4) is 22.4 Å². The summed E-state index contributed by atoms with van der Waals surface area (Å²) in [5.41, 5.74) is 5.26. The van der Waals surface area contributed by atoms with E-state index in [9.17, 15) is 5.11 Å². The topological polar surface area (TPSA) is 62.5 Å². The fourth-order valence-electron chi connectivity index (χ4n) is 4.07. The Morgan fingerprint density at radius 2 is 1.59 bits per heavy atom. The first kappa shape index (κ1) is 17.9. The maximum atomic E-state index is 9.72. The molecule has 0 amide bonds. The number of anilines is 1. The van der Waals surface area contributed by atoms with Gasteiger partial charge in [-0.2, -0.15) is 0 Å². The average molecular weight is 384 g/mol. The van der Waals surface area contributed by atoms with Crippen molar-refractivity contribution in [3.05, 3.63) is 72.9 Å². The van der Waals surface area contributed by atoms with E-state index in [-0.39, 0.29) is 6.10 Å². The van der Waals surface area contributed by atoms with Crippen LogP contribution in [0.4, 0.5) is 5.82 Å². The van der Waals surface area contributed by atoms with Crippen LogP contribution in [0.25, 0.3) is 28.0 Å². The molecule has 0 radical (unpaired) electrons. The van der Waals surface area contributed by atoms with E-state index in [2.05, 4.69) is 58.8 Å². The number of imidazole rings is 1. The lowest BCUT2D eigenvalue weighted by Gasteiger charge is -2.26. The van der Waals surface area contributed by atoms with Crippen LogP contribution >= 0.6 is 0 Å². The van der Waals surface area contributed by atoms with Crippen LogP contribution in [0.3, 0.4) is 0 Å². The first-order chi connectivity index (χ1) is 14.3. The lowest BCUT2D eigenvalue weighted by Crippen LogP contribution is -2.28. The smallest absolute Gasteiger partial charge is 0.154 e. The Hall–Kier alpha value is -3.18. The molecular formula is C24H24N4O. The molecule has 146 valence electrons. The largest absolute Gasteiger partial charge is 0.393 e. The van der Waals surface area contributed by atoms with Crippen LogP contribution in [0, 0.1) is 0 Å². The van der Waals surface area contributed by atoms with E-state index >= 15 is 0 Å². The minimum atomic E-state index is -0.152. The van der Waals surface area contributed by atoms with E-state index in [1.807, 2.05) is 28.9 Å². The average Bonchev–Trinajstić information content (AvgIpc) is 3.19. The molecule has 5 rings (SSSR count). The molecule has 0 bridgehead atoms. The molecule has 2 aromatic heterocycles. The summed E-state index contributed by atoms with van der Waals surface area (Å²) in [5, 5.41) is 18.1. The van der Waals surface area contributed by atoms with Crippen LogP contribution < -0.4 is 5.32 Å². The molecule has 1 saturated carbocycles. The van der Waals surface area contributed by atoms with Gasteiger partial charge in [0.15, 0.2) is 5.65 Å². The van der Waals surface area contributed by atoms with Crippen molar-refractivity contribution in [2.24, 2.45) is 0 Å². The van der Waals surface area contributed by atoms with Gasteiger partial charge in [0.05, 0.1) is 18.0 Å². The standard InChI is InChI=1S/C24H24N4O/c29-21-11-9-20(10-12-21)26-23-13-14-24-25-16-22(28(24)27-23)19-8-4-7-18(15-19)17-5-2-1-3-6-17/h1-8,13-16,20-21,29H,9-12H2,(H,26,27)/t20-,21-. The number of aliphatic hydroxyl groups is 1. The third-order valence-electron chi connectivity index (χ3n) is 5.68. The third-order valence-corrected chi connectivity index (χ3v) is 5.68. The van der Waals surface area contributed by atoms with Crippen molar-refractivity contribution in [2.75, 3.05) is 5.32 Å². The lowest BCUT2D eigenvalue weighted by molar-refractivity contribution is 0.126. The lowest BCUT2D eigenvalue weighted by atomic mass is 9.93. The van der Waals surface area contributed by atoms with E-state index in [0.29, 0.717) is 6.04 Å². The van der Waals surface area contributed by atoms with E-state index < -0.39 is 0 Å². The van der Waals surface area contributed by atoms with Crippen molar-refractivity contribution < 1.29 is 5.11 Å². The molecule has 0 saturated heterocycles. The molecule has 0 atom stereocenters. The van der Waals surface area contributed by atoms with Gasteiger partial charge in [-0.3, -0.25) is 0 Å². The molecule has 2 heterocycles. The number of fused-ring (bicyclic) bond motifs is 1. The van der Waals surface area contributed by atoms with Crippen LogP contribution in [-0.2, 0) is 0 Å². The van der Waals surface area contributed by atoms with Crippen molar-refractivity contribution in [1.29, 1.82) is 0 Å². The molecule has 0 unspecified atom stereocenters. The summed E-state index contributed by atoms with van der Waals surface area (Å²) in [5.74, 6) is 0.845. The van der Waals surface area contributed by atoms with Gasteiger partial charge in [0.25, 0.3) is 0 Å². The monoisotopic (exact) mass is 384 g/mol. The fraction of sp³-hybridized carbons (Fsp3) is 0.250. The fourth-order valence-corrected chi connectivity index (χ4v) is 4.07. The van der Waals surface area contributed by atoms with Crippen LogP contribution in [0.5, 0.6) is 0 Å². The number of nitrogens with zero attached hydrogens (tertiary/aromatic N) is 3. The summed E-state index contributed by atoms with van der Waals surface area (Å²) in [6, 6.07) is 23.2. The Morgan fingerprint density at radius 3 is 2.41 bits per heavy atom. The van der Waals surface area contributed by atoms with Crippen molar-refractivity contribution in [2.45, 2.75) is 37.8 Å². The van der Waals surface area contributed by atoms with E-state index in [0.717, 1.165) is 48.4 Å². The molecule has 4 aromatic rings. The molecule has 29 heavy (non-hydrogen) atoms. The number of hydrogen-bond acceptors (Lipinski definition) is 4. The highest BCUT2D eigenvalue weighted by Gasteiger charge is 2.19. The Kier molecular flexibility index (Phi) is 4.74. The number of aromatic nitrogens is 3. The van der Waals surface area contributed by atoms with Gasteiger partial charge in [-0.05, 0) is 55.0 Å². The normalized spacial score (nSPS) is 19.3. The summed E-state index contributed by atoms with van der Waals surface area (Å²) in [6.07, 6.45) is 5.37. The first-order valence-corrected chi connectivity index (χ1v) is 10.2. The van der Waals surface area contributed by atoms with E-state index in [4.69, 9.17) is 5.10 Å². The highest BCUT2D eigenvalue weighted by atomic mass is 16.3. The van der Waals surface area contributed by atoms with Crippen LogP contribution in [-0.4, -0.2) is 31.9 Å². The minimum absolute atomic E-state index is 0.152. The highest BCUT2D eigenvalue weighted by Crippen LogP contribution is 2.27. The number of hydrogen-bond donors (Lipinski definition) is 2. The maximum Gasteiger partial charge on any atom is 0.154 e.